The molecule has 0 spiro atoms. The van der Waals surface area contributed by atoms with Crippen molar-refractivity contribution in [2.75, 3.05) is 6.54 Å². The molecule has 1 aliphatic heterocycles. The van der Waals surface area contributed by atoms with E-state index in [0.29, 0.717) is 5.88 Å². The number of hydrogen-bond acceptors (Lipinski definition) is 5. The van der Waals surface area contributed by atoms with Crippen LogP contribution >= 0.6 is 0 Å². The molecular formula is C17H22N4O. The zero-order chi connectivity index (χ0) is 15.5. The van der Waals surface area contributed by atoms with Gasteiger partial charge in [0.1, 0.15) is 5.82 Å². The van der Waals surface area contributed by atoms with Gasteiger partial charge in [0.15, 0.2) is 0 Å². The zero-order valence-corrected chi connectivity index (χ0v) is 13.4. The highest BCUT2D eigenvalue weighted by atomic mass is 16.5. The molecule has 0 radical (unpaired) electrons. The molecule has 0 unspecified atom stereocenters. The van der Waals surface area contributed by atoms with Crippen molar-refractivity contribution < 1.29 is 4.74 Å². The van der Waals surface area contributed by atoms with Crippen LogP contribution in [0.25, 0.3) is 0 Å². The first-order valence-electron chi connectivity index (χ1n) is 7.75. The highest BCUT2D eigenvalue weighted by Crippen LogP contribution is 2.19. The fraction of sp³-hybridized carbons (Fsp3) is 0.471. The molecule has 0 amide bonds. The maximum atomic E-state index is 5.58. The number of aryl methyl sites for hydroxylation is 1. The summed E-state index contributed by atoms with van der Waals surface area (Å²) in [6, 6.07) is 4.03. The Hall–Kier alpha value is -2.01. The van der Waals surface area contributed by atoms with Gasteiger partial charge in [-0.1, -0.05) is 6.07 Å². The lowest BCUT2D eigenvalue weighted by molar-refractivity contribution is 0.230. The van der Waals surface area contributed by atoms with Gasteiger partial charge in [0, 0.05) is 55.8 Å². The van der Waals surface area contributed by atoms with Gasteiger partial charge in [-0.3, -0.25) is 4.90 Å². The van der Waals surface area contributed by atoms with E-state index in [-0.39, 0.29) is 6.10 Å². The summed E-state index contributed by atoms with van der Waals surface area (Å²) in [4.78, 5) is 15.6. The van der Waals surface area contributed by atoms with Crippen LogP contribution in [-0.4, -0.2) is 32.5 Å². The molecule has 0 saturated carbocycles. The number of ether oxygens (including phenoxy) is 1. The second-order valence-electron chi connectivity index (χ2n) is 6.02. The van der Waals surface area contributed by atoms with Crippen LogP contribution in [0, 0.1) is 6.92 Å². The Morgan fingerprint density at radius 1 is 1.23 bits per heavy atom. The van der Waals surface area contributed by atoms with Gasteiger partial charge in [0.25, 0.3) is 0 Å². The van der Waals surface area contributed by atoms with Gasteiger partial charge in [-0.25, -0.2) is 15.0 Å². The topological polar surface area (TPSA) is 51.1 Å². The maximum Gasteiger partial charge on any atom is 0.213 e. The molecule has 0 atom stereocenters. The largest absolute Gasteiger partial charge is 0.475 e. The van der Waals surface area contributed by atoms with Crippen LogP contribution in [0.15, 0.2) is 24.5 Å². The Kier molecular flexibility index (Phi) is 4.34. The van der Waals surface area contributed by atoms with E-state index in [9.17, 15) is 0 Å². The van der Waals surface area contributed by atoms with Crippen molar-refractivity contribution in [1.82, 2.24) is 19.9 Å². The maximum absolute atomic E-state index is 5.58. The lowest BCUT2D eigenvalue weighted by atomic mass is 10.1. The van der Waals surface area contributed by atoms with Crippen LogP contribution in [0.2, 0.25) is 0 Å². The third-order valence-corrected chi connectivity index (χ3v) is 3.69. The number of rotatable bonds is 4. The predicted molar refractivity (Wildman–Crippen MR) is 84.6 cm³/mol. The molecule has 3 rings (SSSR count). The molecule has 0 aliphatic carbocycles. The molecule has 3 heterocycles. The van der Waals surface area contributed by atoms with E-state index in [0.717, 1.165) is 31.9 Å². The standard InChI is InChI=1S/C17H22N4O/c1-12(2)22-17-5-4-14(8-19-17)10-21-7-6-16-15(11-21)9-18-13(3)20-16/h4-5,8-9,12H,6-7,10-11H2,1-3H3. The van der Waals surface area contributed by atoms with Gasteiger partial charge in [0.05, 0.1) is 6.10 Å². The molecule has 1 aliphatic rings. The van der Waals surface area contributed by atoms with E-state index in [1.54, 1.807) is 0 Å². The van der Waals surface area contributed by atoms with Gasteiger partial charge in [0.2, 0.25) is 5.88 Å². The lowest BCUT2D eigenvalue weighted by Gasteiger charge is -2.27. The van der Waals surface area contributed by atoms with Crippen molar-refractivity contribution in [3.8, 4) is 5.88 Å². The van der Waals surface area contributed by atoms with Crippen molar-refractivity contribution in [3.63, 3.8) is 0 Å². The molecule has 5 nitrogen and oxygen atoms in total. The number of nitrogens with zero attached hydrogens (tertiary/aromatic N) is 4. The van der Waals surface area contributed by atoms with Crippen LogP contribution in [0.3, 0.4) is 0 Å². The Bertz CT molecular complexity index is 640. The molecule has 0 fully saturated rings. The summed E-state index contributed by atoms with van der Waals surface area (Å²) in [6.45, 7) is 8.77. The fourth-order valence-electron chi connectivity index (χ4n) is 2.68. The molecule has 5 heteroatoms. The SMILES string of the molecule is Cc1ncc2c(n1)CCN(Cc1ccc(OC(C)C)nc1)C2. The smallest absolute Gasteiger partial charge is 0.213 e. The van der Waals surface area contributed by atoms with Gasteiger partial charge in [-0.15, -0.1) is 0 Å². The molecule has 0 bridgehead atoms. The number of pyridine rings is 1. The van der Waals surface area contributed by atoms with Crippen LogP contribution in [0.5, 0.6) is 5.88 Å². The minimum Gasteiger partial charge on any atom is -0.475 e. The average molecular weight is 298 g/mol. The summed E-state index contributed by atoms with van der Waals surface area (Å²) in [5, 5.41) is 0. The highest BCUT2D eigenvalue weighted by Gasteiger charge is 2.18. The molecule has 0 N–H and O–H groups in total. The first kappa shape index (κ1) is 14.9. The van der Waals surface area contributed by atoms with E-state index in [4.69, 9.17) is 4.74 Å². The first-order valence-corrected chi connectivity index (χ1v) is 7.75. The Labute approximate surface area is 131 Å². The summed E-state index contributed by atoms with van der Waals surface area (Å²) in [5.41, 5.74) is 3.64. The van der Waals surface area contributed by atoms with Gasteiger partial charge in [-0.2, -0.15) is 0 Å². The molecule has 2 aromatic rings. The monoisotopic (exact) mass is 298 g/mol. The Morgan fingerprint density at radius 2 is 2.09 bits per heavy atom. The van der Waals surface area contributed by atoms with E-state index in [2.05, 4.69) is 25.9 Å². The molecule has 116 valence electrons. The summed E-state index contributed by atoms with van der Waals surface area (Å²) < 4.78 is 5.58. The first-order chi connectivity index (χ1) is 10.6. The predicted octanol–water partition coefficient (Wildman–Crippen LogP) is 2.53. The highest BCUT2D eigenvalue weighted by molar-refractivity contribution is 5.22. The van der Waals surface area contributed by atoms with Crippen molar-refractivity contribution in [3.05, 3.63) is 47.2 Å². The normalized spacial score (nSPS) is 14.9. The second-order valence-corrected chi connectivity index (χ2v) is 6.02. The second kappa shape index (κ2) is 6.40. The van der Waals surface area contributed by atoms with E-state index in [1.165, 1.54) is 16.8 Å². The van der Waals surface area contributed by atoms with Crippen molar-refractivity contribution in [1.29, 1.82) is 0 Å². The summed E-state index contributed by atoms with van der Waals surface area (Å²) in [5.74, 6) is 1.55. The molecule has 2 aromatic heterocycles. The third kappa shape index (κ3) is 3.60. The van der Waals surface area contributed by atoms with Crippen LogP contribution in [0.4, 0.5) is 0 Å². The van der Waals surface area contributed by atoms with Gasteiger partial charge in [-0.05, 0) is 26.3 Å². The number of aromatic nitrogens is 3. The molecule has 22 heavy (non-hydrogen) atoms. The Balaban J connectivity index is 1.63. The van der Waals surface area contributed by atoms with Crippen LogP contribution in [-0.2, 0) is 19.5 Å². The van der Waals surface area contributed by atoms with E-state index >= 15 is 0 Å². The molecule has 0 saturated heterocycles. The van der Waals surface area contributed by atoms with Crippen molar-refractivity contribution in [2.24, 2.45) is 0 Å². The third-order valence-electron chi connectivity index (χ3n) is 3.69. The van der Waals surface area contributed by atoms with Crippen LogP contribution in [0.1, 0.15) is 36.5 Å². The van der Waals surface area contributed by atoms with Crippen LogP contribution < -0.4 is 4.74 Å². The summed E-state index contributed by atoms with van der Waals surface area (Å²) in [6.07, 6.45) is 5.00. The number of fused-ring (bicyclic) bond motifs is 1. The van der Waals surface area contributed by atoms with Crippen molar-refractivity contribution in [2.45, 2.75) is 46.4 Å². The van der Waals surface area contributed by atoms with Gasteiger partial charge >= 0.3 is 0 Å². The lowest BCUT2D eigenvalue weighted by Crippen LogP contribution is -2.31. The molecular weight excluding hydrogens is 276 g/mol. The van der Waals surface area contributed by atoms with E-state index in [1.807, 2.05) is 39.2 Å². The van der Waals surface area contributed by atoms with Crippen molar-refractivity contribution >= 4 is 0 Å². The zero-order valence-electron chi connectivity index (χ0n) is 13.4. The quantitative estimate of drug-likeness (QED) is 0.868. The Morgan fingerprint density at radius 3 is 2.82 bits per heavy atom. The molecule has 0 aromatic carbocycles. The van der Waals surface area contributed by atoms with Gasteiger partial charge < -0.3 is 4.74 Å². The fourth-order valence-corrected chi connectivity index (χ4v) is 2.68. The summed E-state index contributed by atoms with van der Waals surface area (Å²) in [7, 11) is 0. The summed E-state index contributed by atoms with van der Waals surface area (Å²) >= 11 is 0. The van der Waals surface area contributed by atoms with E-state index < -0.39 is 0 Å². The minimum atomic E-state index is 0.153. The number of hydrogen-bond donors (Lipinski definition) is 0. The average Bonchev–Trinajstić information content (AvgIpc) is 2.49. The minimum absolute atomic E-state index is 0.153.